The zero-order valence-electron chi connectivity index (χ0n) is 18.8. The fourth-order valence-corrected chi connectivity index (χ4v) is 5.24. The maximum atomic E-state index is 13.5. The summed E-state index contributed by atoms with van der Waals surface area (Å²) in [5.74, 6) is -0.679. The number of methoxy groups -OCH3 is 1. The third-order valence-corrected chi connectivity index (χ3v) is 7.43. The van der Waals surface area contributed by atoms with Gasteiger partial charge in [-0.05, 0) is 41.5 Å². The van der Waals surface area contributed by atoms with E-state index in [2.05, 4.69) is 5.32 Å². The van der Waals surface area contributed by atoms with Crippen molar-refractivity contribution in [1.82, 2.24) is 9.62 Å². The van der Waals surface area contributed by atoms with Gasteiger partial charge in [0.15, 0.2) is 0 Å². The Morgan fingerprint density at radius 3 is 2.15 bits per heavy atom. The molecule has 0 aliphatic heterocycles. The molecule has 8 heteroatoms. The Hall–Kier alpha value is -3.23. The molecule has 1 amide bonds. The van der Waals surface area contributed by atoms with Gasteiger partial charge in [-0.3, -0.25) is 4.79 Å². The van der Waals surface area contributed by atoms with Crippen LogP contribution in [0, 0.1) is 5.82 Å². The highest BCUT2D eigenvalue weighted by Gasteiger charge is 2.27. The number of sulfonamides is 1. The summed E-state index contributed by atoms with van der Waals surface area (Å²) in [4.78, 5) is 13.2. The molecule has 0 saturated carbocycles. The minimum atomic E-state index is -3.85. The summed E-state index contributed by atoms with van der Waals surface area (Å²) >= 11 is 0. The number of benzene rings is 3. The number of hydrogen-bond donors (Lipinski definition) is 1. The van der Waals surface area contributed by atoms with Crippen LogP contribution in [0.3, 0.4) is 0 Å². The monoisotopic (exact) mass is 470 g/mol. The molecule has 33 heavy (non-hydrogen) atoms. The highest BCUT2D eigenvalue weighted by Crippen LogP contribution is 2.29. The molecule has 1 N–H and O–H groups in total. The lowest BCUT2D eigenvalue weighted by Crippen LogP contribution is -2.32. The minimum Gasteiger partial charge on any atom is -0.495 e. The molecule has 174 valence electrons. The molecule has 0 fully saturated rings. The first-order chi connectivity index (χ1) is 15.8. The molecule has 0 radical (unpaired) electrons. The van der Waals surface area contributed by atoms with Crippen molar-refractivity contribution in [2.75, 3.05) is 20.2 Å². The van der Waals surface area contributed by atoms with E-state index in [0.717, 1.165) is 5.56 Å². The maximum absolute atomic E-state index is 13.5. The van der Waals surface area contributed by atoms with Gasteiger partial charge in [-0.15, -0.1) is 0 Å². The number of ether oxygens (including phenoxy) is 1. The SMILES string of the molecule is CCN(CC)S(=O)(=O)c1cc(C(=O)NC(c2ccccc2)c2ccc(F)cc2)ccc1OC. The van der Waals surface area contributed by atoms with E-state index in [1.165, 1.54) is 41.7 Å². The summed E-state index contributed by atoms with van der Waals surface area (Å²) in [6.07, 6.45) is 0. The molecule has 0 spiro atoms. The second kappa shape index (κ2) is 10.6. The molecule has 1 unspecified atom stereocenters. The average molecular weight is 471 g/mol. The van der Waals surface area contributed by atoms with Crippen LogP contribution in [0.4, 0.5) is 4.39 Å². The van der Waals surface area contributed by atoms with E-state index in [4.69, 9.17) is 4.74 Å². The standard InChI is InChI=1S/C25H27FN2O4S/c1-4-28(5-2)33(30,31)23-17-20(13-16-22(23)32-3)25(29)27-24(18-9-7-6-8-10-18)19-11-14-21(26)15-12-19/h6-17,24H,4-5H2,1-3H3,(H,27,29). The molecule has 3 rings (SSSR count). The van der Waals surface area contributed by atoms with Crippen LogP contribution in [0.2, 0.25) is 0 Å². The summed E-state index contributed by atoms with van der Waals surface area (Å²) in [5, 5.41) is 2.95. The molecule has 0 aliphatic rings. The Bertz CT molecular complexity index is 1190. The summed E-state index contributed by atoms with van der Waals surface area (Å²) in [6.45, 7) is 4.08. The lowest BCUT2D eigenvalue weighted by atomic mass is 9.98. The number of hydrogen-bond acceptors (Lipinski definition) is 4. The van der Waals surface area contributed by atoms with Crippen molar-refractivity contribution in [3.63, 3.8) is 0 Å². The van der Waals surface area contributed by atoms with E-state index in [1.54, 1.807) is 26.0 Å². The fraction of sp³-hybridized carbons (Fsp3) is 0.240. The van der Waals surface area contributed by atoms with Gasteiger partial charge < -0.3 is 10.1 Å². The second-order valence-corrected chi connectivity index (χ2v) is 9.23. The van der Waals surface area contributed by atoms with Crippen LogP contribution in [0.25, 0.3) is 0 Å². The number of nitrogens with zero attached hydrogens (tertiary/aromatic N) is 1. The number of rotatable bonds is 9. The molecule has 0 aromatic heterocycles. The molecule has 0 aliphatic carbocycles. The molecule has 1 atom stereocenters. The molecule has 0 saturated heterocycles. The van der Waals surface area contributed by atoms with Crippen LogP contribution in [-0.4, -0.2) is 38.8 Å². The number of halogens is 1. The predicted molar refractivity (Wildman–Crippen MR) is 125 cm³/mol. The van der Waals surface area contributed by atoms with Crippen LogP contribution in [0.1, 0.15) is 41.4 Å². The third kappa shape index (κ3) is 5.40. The van der Waals surface area contributed by atoms with Crippen molar-refractivity contribution in [3.05, 3.63) is 95.3 Å². The number of carbonyl (C=O) groups is 1. The van der Waals surface area contributed by atoms with Gasteiger partial charge in [0.25, 0.3) is 5.91 Å². The number of amides is 1. The first-order valence-electron chi connectivity index (χ1n) is 10.6. The normalized spacial score (nSPS) is 12.4. The van der Waals surface area contributed by atoms with Gasteiger partial charge in [0.05, 0.1) is 13.2 Å². The van der Waals surface area contributed by atoms with E-state index in [-0.39, 0.29) is 22.0 Å². The number of carbonyl (C=O) groups excluding carboxylic acids is 1. The van der Waals surface area contributed by atoms with Gasteiger partial charge >= 0.3 is 0 Å². The second-order valence-electron chi connectivity index (χ2n) is 7.32. The number of nitrogens with one attached hydrogen (secondary N) is 1. The van der Waals surface area contributed by atoms with Gasteiger partial charge in [0.2, 0.25) is 10.0 Å². The molecule has 3 aromatic rings. The summed E-state index contributed by atoms with van der Waals surface area (Å²) in [7, 11) is -2.47. The van der Waals surface area contributed by atoms with Crippen LogP contribution in [-0.2, 0) is 10.0 Å². The van der Waals surface area contributed by atoms with E-state index >= 15 is 0 Å². The zero-order chi connectivity index (χ0) is 24.0. The maximum Gasteiger partial charge on any atom is 0.252 e. The van der Waals surface area contributed by atoms with Crippen molar-refractivity contribution in [2.24, 2.45) is 0 Å². The minimum absolute atomic E-state index is 0.0700. The van der Waals surface area contributed by atoms with Crippen molar-refractivity contribution >= 4 is 15.9 Å². The Labute approximate surface area is 194 Å². The Balaban J connectivity index is 2.00. The van der Waals surface area contributed by atoms with Crippen LogP contribution >= 0.6 is 0 Å². The first-order valence-corrected chi connectivity index (χ1v) is 12.0. The Kier molecular flexibility index (Phi) is 7.84. The average Bonchev–Trinajstić information content (AvgIpc) is 2.83. The summed E-state index contributed by atoms with van der Waals surface area (Å²) < 4.78 is 46.3. The van der Waals surface area contributed by atoms with E-state index in [0.29, 0.717) is 18.7 Å². The van der Waals surface area contributed by atoms with Crippen molar-refractivity contribution in [1.29, 1.82) is 0 Å². The first kappa shape index (κ1) is 24.4. The lowest BCUT2D eigenvalue weighted by Gasteiger charge is -2.22. The largest absolute Gasteiger partial charge is 0.495 e. The summed E-state index contributed by atoms with van der Waals surface area (Å²) in [5.41, 5.74) is 1.67. The third-order valence-electron chi connectivity index (χ3n) is 5.36. The van der Waals surface area contributed by atoms with Crippen LogP contribution in [0.15, 0.2) is 77.7 Å². The Morgan fingerprint density at radius 2 is 1.58 bits per heavy atom. The summed E-state index contributed by atoms with van der Waals surface area (Å²) in [6, 6.07) is 18.9. The topological polar surface area (TPSA) is 75.7 Å². The highest BCUT2D eigenvalue weighted by molar-refractivity contribution is 7.89. The van der Waals surface area contributed by atoms with Gasteiger partial charge in [-0.2, -0.15) is 4.31 Å². The van der Waals surface area contributed by atoms with Crippen LogP contribution < -0.4 is 10.1 Å². The van der Waals surface area contributed by atoms with Gasteiger partial charge in [-0.1, -0.05) is 56.3 Å². The van der Waals surface area contributed by atoms with Crippen LogP contribution in [0.5, 0.6) is 5.75 Å². The lowest BCUT2D eigenvalue weighted by molar-refractivity contribution is 0.0942. The molecular formula is C25H27FN2O4S. The van der Waals surface area contributed by atoms with E-state index in [1.807, 2.05) is 30.3 Å². The van der Waals surface area contributed by atoms with Crippen molar-refractivity contribution < 1.29 is 22.3 Å². The highest BCUT2D eigenvalue weighted by atomic mass is 32.2. The quantitative estimate of drug-likeness (QED) is 0.504. The predicted octanol–water partition coefficient (Wildman–Crippen LogP) is 4.38. The molecular weight excluding hydrogens is 443 g/mol. The van der Waals surface area contributed by atoms with Gasteiger partial charge in [0.1, 0.15) is 16.5 Å². The van der Waals surface area contributed by atoms with Crippen molar-refractivity contribution in [3.8, 4) is 5.75 Å². The fourth-order valence-electron chi connectivity index (χ4n) is 3.60. The zero-order valence-corrected chi connectivity index (χ0v) is 19.6. The molecule has 6 nitrogen and oxygen atoms in total. The van der Waals surface area contributed by atoms with Gasteiger partial charge in [-0.25, -0.2) is 12.8 Å². The molecule has 3 aromatic carbocycles. The van der Waals surface area contributed by atoms with Crippen molar-refractivity contribution in [2.45, 2.75) is 24.8 Å². The van der Waals surface area contributed by atoms with E-state index < -0.39 is 22.0 Å². The van der Waals surface area contributed by atoms with Gasteiger partial charge in [0, 0.05) is 18.7 Å². The smallest absolute Gasteiger partial charge is 0.252 e. The van der Waals surface area contributed by atoms with E-state index in [9.17, 15) is 17.6 Å². The molecule has 0 heterocycles. The Morgan fingerprint density at radius 1 is 0.970 bits per heavy atom. The molecule has 0 bridgehead atoms.